The first kappa shape index (κ1) is 28.9. The second-order valence-corrected chi connectivity index (χ2v) is 13.6. The number of sulfonamides is 1. The first-order valence-electron chi connectivity index (χ1n) is 13.9. The zero-order valence-electron chi connectivity index (χ0n) is 23.1. The van der Waals surface area contributed by atoms with Crippen LogP contribution in [0.4, 0.5) is 10.9 Å². The van der Waals surface area contributed by atoms with Crippen LogP contribution >= 0.6 is 11.3 Å². The molecule has 1 saturated carbocycles. The van der Waals surface area contributed by atoms with Gasteiger partial charge in [-0.3, -0.25) is 4.79 Å². The number of carbonyl (C=O) groups excluding carboxylic acids is 1. The number of aromatic nitrogens is 2. The van der Waals surface area contributed by atoms with Gasteiger partial charge in [-0.25, -0.2) is 18.4 Å². The van der Waals surface area contributed by atoms with Gasteiger partial charge in [-0.2, -0.15) is 4.31 Å². The third kappa shape index (κ3) is 6.80. The van der Waals surface area contributed by atoms with Crippen LogP contribution in [-0.2, 0) is 19.6 Å². The Morgan fingerprint density at radius 3 is 2.50 bits per heavy atom. The fraction of sp³-hybridized carbons (Fsp3) is 0.536. The summed E-state index contributed by atoms with van der Waals surface area (Å²) in [7, 11) is 0.0858. The first-order chi connectivity index (χ1) is 19.3. The quantitative estimate of drug-likeness (QED) is 0.324. The molecule has 10 nitrogen and oxygen atoms in total. The van der Waals surface area contributed by atoms with Gasteiger partial charge in [-0.05, 0) is 49.2 Å². The summed E-state index contributed by atoms with van der Waals surface area (Å²) in [4.78, 5) is 26.0. The minimum Gasteiger partial charge on any atom is -0.383 e. The third-order valence-electron chi connectivity index (χ3n) is 7.84. The minimum atomic E-state index is -3.57. The highest BCUT2D eigenvalue weighted by atomic mass is 32.2. The van der Waals surface area contributed by atoms with Crippen molar-refractivity contribution in [2.75, 3.05) is 64.1 Å². The summed E-state index contributed by atoms with van der Waals surface area (Å²) < 4.78 is 33.1. The van der Waals surface area contributed by atoms with Crippen molar-refractivity contribution in [3.63, 3.8) is 0 Å². The van der Waals surface area contributed by atoms with E-state index in [0.29, 0.717) is 50.4 Å². The van der Waals surface area contributed by atoms with Gasteiger partial charge in [0.15, 0.2) is 5.13 Å². The van der Waals surface area contributed by atoms with Gasteiger partial charge in [0.05, 0.1) is 17.4 Å². The smallest absolute Gasteiger partial charge is 0.243 e. The molecule has 0 unspecified atom stereocenters. The van der Waals surface area contributed by atoms with Crippen molar-refractivity contribution in [2.24, 2.45) is 5.92 Å². The van der Waals surface area contributed by atoms with E-state index in [1.807, 2.05) is 19.2 Å². The number of hydrogen-bond donors (Lipinski definition) is 2. The van der Waals surface area contributed by atoms with E-state index in [1.165, 1.54) is 24.2 Å². The molecule has 1 amide bonds. The van der Waals surface area contributed by atoms with Crippen molar-refractivity contribution in [3.05, 3.63) is 42.0 Å². The molecule has 40 heavy (non-hydrogen) atoms. The van der Waals surface area contributed by atoms with E-state index in [4.69, 9.17) is 4.74 Å². The summed E-state index contributed by atoms with van der Waals surface area (Å²) in [6.45, 7) is 3.62. The number of pyridine rings is 1. The number of fused-ring (bicyclic) bond motifs is 1. The van der Waals surface area contributed by atoms with Crippen molar-refractivity contribution < 1.29 is 17.9 Å². The van der Waals surface area contributed by atoms with Crippen LogP contribution in [0.5, 0.6) is 0 Å². The number of hydrogen-bond acceptors (Lipinski definition) is 9. The SMILES string of the molecule is COCCNc1ccc2nc(NC(=O)[C@H](CC3CCCC3)c3ccc(S(=O)(=O)N4CCN(C)CC4)cc3)sc2n1. The molecule has 1 aliphatic heterocycles. The summed E-state index contributed by atoms with van der Waals surface area (Å²) in [5.41, 5.74) is 1.55. The fourth-order valence-corrected chi connectivity index (χ4v) is 7.73. The average molecular weight is 587 g/mol. The molecule has 0 bridgehead atoms. The van der Waals surface area contributed by atoms with E-state index < -0.39 is 15.9 Å². The summed E-state index contributed by atoms with van der Waals surface area (Å²) >= 11 is 1.34. The number of piperazine rings is 1. The maximum atomic E-state index is 13.7. The molecule has 2 aliphatic rings. The van der Waals surface area contributed by atoms with E-state index in [0.717, 1.165) is 41.0 Å². The number of benzene rings is 1. The Morgan fingerprint density at radius 1 is 1.07 bits per heavy atom. The van der Waals surface area contributed by atoms with Crippen LogP contribution < -0.4 is 10.6 Å². The lowest BCUT2D eigenvalue weighted by atomic mass is 9.87. The molecule has 1 aromatic carbocycles. The summed E-state index contributed by atoms with van der Waals surface area (Å²) in [6.07, 6.45) is 5.33. The first-order valence-corrected chi connectivity index (χ1v) is 16.2. The molecule has 2 aromatic heterocycles. The van der Waals surface area contributed by atoms with E-state index in [9.17, 15) is 13.2 Å². The van der Waals surface area contributed by atoms with Crippen molar-refractivity contribution in [1.82, 2.24) is 19.2 Å². The molecule has 12 heteroatoms. The van der Waals surface area contributed by atoms with E-state index >= 15 is 0 Å². The van der Waals surface area contributed by atoms with Crippen LogP contribution in [0.3, 0.4) is 0 Å². The number of rotatable bonds is 11. The topological polar surface area (TPSA) is 117 Å². The van der Waals surface area contributed by atoms with E-state index in [1.54, 1.807) is 35.7 Å². The molecule has 3 aromatic rings. The van der Waals surface area contributed by atoms with Gasteiger partial charge in [-0.1, -0.05) is 49.2 Å². The number of carbonyl (C=O) groups is 1. The fourth-order valence-electron chi connectivity index (χ4n) is 5.47. The lowest BCUT2D eigenvalue weighted by Crippen LogP contribution is -2.47. The minimum absolute atomic E-state index is 0.126. The molecule has 3 heterocycles. The maximum Gasteiger partial charge on any atom is 0.243 e. The van der Waals surface area contributed by atoms with Gasteiger partial charge in [0, 0.05) is 39.8 Å². The summed E-state index contributed by atoms with van der Waals surface area (Å²) in [5, 5.41) is 6.75. The Bertz CT molecular complexity index is 1400. The molecule has 1 aliphatic carbocycles. The Labute approximate surface area is 240 Å². The van der Waals surface area contributed by atoms with Crippen molar-refractivity contribution in [3.8, 4) is 0 Å². The van der Waals surface area contributed by atoms with Crippen LogP contribution in [-0.4, -0.2) is 87.0 Å². The lowest BCUT2D eigenvalue weighted by Gasteiger charge is -2.31. The normalized spacial score (nSPS) is 18.2. The van der Waals surface area contributed by atoms with Gasteiger partial charge < -0.3 is 20.3 Å². The van der Waals surface area contributed by atoms with Crippen LogP contribution in [0.1, 0.15) is 43.6 Å². The number of anilines is 2. The third-order valence-corrected chi connectivity index (χ3v) is 10.6. The molecule has 1 atom stereocenters. The number of likely N-dealkylation sites (N-methyl/N-ethyl adjacent to an activating group) is 1. The van der Waals surface area contributed by atoms with Crippen molar-refractivity contribution in [2.45, 2.75) is 42.9 Å². The largest absolute Gasteiger partial charge is 0.383 e. The molecule has 2 N–H and O–H groups in total. The number of ether oxygens (including phenoxy) is 1. The molecule has 0 radical (unpaired) electrons. The Morgan fingerprint density at radius 2 is 1.80 bits per heavy atom. The Balaban J connectivity index is 1.33. The second-order valence-electron chi connectivity index (χ2n) is 10.7. The Hall–Kier alpha value is -2.64. The number of amides is 1. The van der Waals surface area contributed by atoms with Crippen molar-refractivity contribution >= 4 is 48.6 Å². The zero-order chi connectivity index (χ0) is 28.1. The standard InChI is InChI=1S/C28H38N6O4S2/c1-33-14-16-34(17-15-33)40(36,37)22-9-7-21(8-10-22)23(19-20-5-3-4-6-20)26(35)32-28-30-24-11-12-25(29-13-18-38-2)31-27(24)39-28/h7-12,20,23H,3-6,13-19H2,1-2H3,(H,29,31)(H,30,32,35)/t23-/m1/s1. The summed E-state index contributed by atoms with van der Waals surface area (Å²) in [5.74, 6) is 0.688. The summed E-state index contributed by atoms with van der Waals surface area (Å²) in [6, 6.07) is 10.7. The van der Waals surface area contributed by atoms with Gasteiger partial charge in [-0.15, -0.1) is 0 Å². The molecular formula is C28H38N6O4S2. The van der Waals surface area contributed by atoms with Gasteiger partial charge in [0.2, 0.25) is 15.9 Å². The second kappa shape index (κ2) is 12.9. The number of nitrogens with zero attached hydrogens (tertiary/aromatic N) is 4. The number of methoxy groups -OCH3 is 1. The predicted molar refractivity (Wildman–Crippen MR) is 158 cm³/mol. The van der Waals surface area contributed by atoms with E-state index in [-0.39, 0.29) is 10.8 Å². The Kier molecular flexibility index (Phi) is 9.31. The average Bonchev–Trinajstić information content (AvgIpc) is 3.61. The number of nitrogens with one attached hydrogen (secondary N) is 2. The molecule has 1 saturated heterocycles. The highest BCUT2D eigenvalue weighted by molar-refractivity contribution is 7.89. The zero-order valence-corrected chi connectivity index (χ0v) is 24.8. The lowest BCUT2D eigenvalue weighted by molar-refractivity contribution is -0.118. The van der Waals surface area contributed by atoms with Crippen LogP contribution in [0.25, 0.3) is 10.3 Å². The maximum absolute atomic E-state index is 13.7. The highest BCUT2D eigenvalue weighted by Gasteiger charge is 2.30. The molecular weight excluding hydrogens is 548 g/mol. The van der Waals surface area contributed by atoms with E-state index in [2.05, 4.69) is 25.5 Å². The monoisotopic (exact) mass is 586 g/mol. The number of thiazole rings is 1. The van der Waals surface area contributed by atoms with Crippen molar-refractivity contribution in [1.29, 1.82) is 0 Å². The van der Waals surface area contributed by atoms with Gasteiger partial charge in [0.1, 0.15) is 16.2 Å². The van der Waals surface area contributed by atoms with Gasteiger partial charge in [0.25, 0.3) is 0 Å². The van der Waals surface area contributed by atoms with Gasteiger partial charge >= 0.3 is 0 Å². The molecule has 0 spiro atoms. The molecule has 2 fully saturated rings. The molecule has 5 rings (SSSR count). The predicted octanol–water partition coefficient (Wildman–Crippen LogP) is 3.99. The van der Waals surface area contributed by atoms with Crippen LogP contribution in [0.2, 0.25) is 0 Å². The van der Waals surface area contributed by atoms with Crippen LogP contribution in [0, 0.1) is 5.92 Å². The highest BCUT2D eigenvalue weighted by Crippen LogP contribution is 2.36. The molecule has 216 valence electrons. The van der Waals surface area contributed by atoms with Crippen LogP contribution in [0.15, 0.2) is 41.3 Å².